The number of hydrogen-bond donors (Lipinski definition) is 5. The molecule has 1 unspecified atom stereocenters. The zero-order valence-electron chi connectivity index (χ0n) is 20.8. The molecule has 1 heterocycles. The molecule has 2 aromatic carbocycles. The summed E-state index contributed by atoms with van der Waals surface area (Å²) in [6.07, 6.45) is 0.706. The van der Waals surface area contributed by atoms with Gasteiger partial charge in [-0.1, -0.05) is 23.2 Å². The van der Waals surface area contributed by atoms with E-state index in [1.807, 2.05) is 6.92 Å². The summed E-state index contributed by atoms with van der Waals surface area (Å²) in [6.45, 7) is 3.94. The van der Waals surface area contributed by atoms with E-state index < -0.39 is 18.0 Å². The van der Waals surface area contributed by atoms with Crippen molar-refractivity contribution in [3.05, 3.63) is 76.2 Å². The molecule has 0 aliphatic carbocycles. The lowest BCUT2D eigenvalue weighted by Gasteiger charge is -2.21. The zero-order chi connectivity index (χ0) is 27.1. The molecular weight excluding hydrogens is 499 g/mol. The van der Waals surface area contributed by atoms with Crippen molar-refractivity contribution in [2.24, 2.45) is 5.73 Å². The Morgan fingerprint density at radius 3 is 2.70 bits per heavy atom. The summed E-state index contributed by atoms with van der Waals surface area (Å²) in [7, 11) is 1.61. The maximum absolute atomic E-state index is 15.3. The second-order valence-electron chi connectivity index (χ2n) is 8.39. The minimum Gasteiger partial charge on any atom is -0.493 e. The number of rotatable bonds is 10. The number of benzene rings is 2. The largest absolute Gasteiger partial charge is 0.493 e. The number of halogens is 2. The molecule has 0 fully saturated rings. The van der Waals surface area contributed by atoms with Crippen LogP contribution >= 0.6 is 11.6 Å². The summed E-state index contributed by atoms with van der Waals surface area (Å²) in [6, 6.07) is 11.0. The molecule has 6 N–H and O–H groups in total. The monoisotopic (exact) mass is 528 g/mol. The van der Waals surface area contributed by atoms with Crippen molar-refractivity contribution in [2.45, 2.75) is 26.5 Å². The van der Waals surface area contributed by atoms with Crippen molar-refractivity contribution in [2.75, 3.05) is 35.7 Å². The average molecular weight is 529 g/mol. The Balaban J connectivity index is 1.94. The lowest BCUT2D eigenvalue weighted by molar-refractivity contribution is 0.101. The van der Waals surface area contributed by atoms with E-state index in [-0.39, 0.29) is 29.4 Å². The number of amides is 1. The number of aliphatic hydroxyl groups is 1. The van der Waals surface area contributed by atoms with E-state index >= 15 is 4.39 Å². The molecule has 11 heteroatoms. The van der Waals surface area contributed by atoms with Crippen LogP contribution in [0, 0.1) is 18.2 Å². The summed E-state index contributed by atoms with van der Waals surface area (Å²) in [5, 5.41) is 24.7. The number of aryl methyl sites for hydroxylation is 1. The van der Waals surface area contributed by atoms with E-state index in [1.54, 1.807) is 44.3 Å². The first-order valence-corrected chi connectivity index (χ1v) is 11.9. The first-order valence-electron chi connectivity index (χ1n) is 11.5. The highest BCUT2D eigenvalue weighted by atomic mass is 35.5. The van der Waals surface area contributed by atoms with Crippen LogP contribution in [0.15, 0.2) is 48.7 Å². The Bertz CT molecular complexity index is 1270. The van der Waals surface area contributed by atoms with Gasteiger partial charge in [-0.3, -0.25) is 10.2 Å². The number of hydrogen-bond acceptors (Lipinski definition) is 7. The predicted octanol–water partition coefficient (Wildman–Crippen LogP) is 4.70. The molecule has 0 saturated heterocycles. The van der Waals surface area contributed by atoms with Gasteiger partial charge in [0.15, 0.2) is 6.23 Å². The molecule has 1 atom stereocenters. The van der Waals surface area contributed by atoms with Gasteiger partial charge in [-0.15, -0.1) is 0 Å². The van der Waals surface area contributed by atoms with Crippen molar-refractivity contribution in [3.63, 3.8) is 0 Å². The van der Waals surface area contributed by atoms with Gasteiger partial charge in [-0.25, -0.2) is 9.37 Å². The van der Waals surface area contributed by atoms with Crippen LogP contribution in [-0.2, 0) is 0 Å². The Labute approximate surface area is 219 Å². The Hall–Kier alpha value is -3.73. The number of anilines is 3. The standard InChI is InChI=1S/C26H30ClFN6O3/c1-15-5-7-21(19(11-15)25(35)33-23-8-6-17(27)14-31-23)32-26(36)24-20(28)12-18(34(3)16(2)30)13-22(24)37-10-4-9-29/h5-8,11-14,25,30,35H,4,9-10,29H2,1-3H3,(H,31,33)(H,32,36). The molecule has 9 nitrogen and oxygen atoms in total. The second kappa shape index (κ2) is 12.5. The van der Waals surface area contributed by atoms with Crippen LogP contribution in [0.25, 0.3) is 0 Å². The van der Waals surface area contributed by atoms with Crippen LogP contribution in [0.4, 0.5) is 21.6 Å². The van der Waals surface area contributed by atoms with Gasteiger partial charge in [0.2, 0.25) is 0 Å². The summed E-state index contributed by atoms with van der Waals surface area (Å²) >= 11 is 5.87. The van der Waals surface area contributed by atoms with Gasteiger partial charge >= 0.3 is 0 Å². The van der Waals surface area contributed by atoms with Crippen molar-refractivity contribution >= 4 is 40.5 Å². The first-order chi connectivity index (χ1) is 17.6. The summed E-state index contributed by atoms with van der Waals surface area (Å²) in [4.78, 5) is 18.9. The Morgan fingerprint density at radius 1 is 1.30 bits per heavy atom. The number of aromatic nitrogens is 1. The smallest absolute Gasteiger partial charge is 0.262 e. The van der Waals surface area contributed by atoms with Crippen molar-refractivity contribution in [1.29, 1.82) is 5.41 Å². The number of nitrogens with one attached hydrogen (secondary N) is 3. The van der Waals surface area contributed by atoms with Crippen LogP contribution in [-0.4, -0.2) is 42.0 Å². The number of carbonyl (C=O) groups excluding carboxylic acids is 1. The zero-order valence-corrected chi connectivity index (χ0v) is 21.6. The molecule has 0 spiro atoms. The van der Waals surface area contributed by atoms with E-state index in [2.05, 4.69) is 15.6 Å². The van der Waals surface area contributed by atoms with Gasteiger partial charge in [0, 0.05) is 36.2 Å². The number of carbonyl (C=O) groups is 1. The van der Waals surface area contributed by atoms with Gasteiger partial charge in [0.05, 0.1) is 17.5 Å². The SMILES string of the molecule is CC(=N)N(C)c1cc(F)c(C(=O)Nc2ccc(C)cc2C(O)Nc2ccc(Cl)cn2)c(OCCCN)c1. The maximum Gasteiger partial charge on any atom is 0.262 e. The highest BCUT2D eigenvalue weighted by Crippen LogP contribution is 2.31. The minimum atomic E-state index is -1.24. The molecule has 0 bridgehead atoms. The van der Waals surface area contributed by atoms with Crippen LogP contribution < -0.4 is 26.0 Å². The number of aliphatic hydroxyl groups excluding tert-OH is 1. The average Bonchev–Trinajstić information content (AvgIpc) is 2.85. The van der Waals surface area contributed by atoms with Crippen molar-refractivity contribution < 1.29 is 19.0 Å². The van der Waals surface area contributed by atoms with Crippen LogP contribution in [0.5, 0.6) is 5.75 Å². The third-order valence-corrected chi connectivity index (χ3v) is 5.75. The Kier molecular flexibility index (Phi) is 9.40. The van der Waals surface area contributed by atoms with Crippen LogP contribution in [0.2, 0.25) is 5.02 Å². The molecular formula is C26H30ClFN6O3. The van der Waals surface area contributed by atoms with Gasteiger partial charge in [-0.05, 0) is 57.1 Å². The molecule has 0 aliphatic heterocycles. The van der Waals surface area contributed by atoms with E-state index in [1.165, 1.54) is 23.2 Å². The summed E-state index contributed by atoms with van der Waals surface area (Å²) in [5.74, 6) is -0.998. The molecule has 0 aliphatic rings. The van der Waals surface area contributed by atoms with Gasteiger partial charge in [-0.2, -0.15) is 0 Å². The highest BCUT2D eigenvalue weighted by molar-refractivity contribution is 6.30. The molecule has 3 aromatic rings. The molecule has 0 radical (unpaired) electrons. The molecule has 1 amide bonds. The van der Waals surface area contributed by atoms with Crippen LogP contribution in [0.3, 0.4) is 0 Å². The first kappa shape index (κ1) is 27.9. The maximum atomic E-state index is 15.3. The fourth-order valence-electron chi connectivity index (χ4n) is 3.44. The molecule has 0 saturated carbocycles. The molecule has 3 rings (SSSR count). The number of nitrogens with two attached hydrogens (primary N) is 1. The summed E-state index contributed by atoms with van der Waals surface area (Å²) < 4.78 is 21.0. The lowest BCUT2D eigenvalue weighted by Crippen LogP contribution is -2.24. The highest BCUT2D eigenvalue weighted by Gasteiger charge is 2.23. The number of amidine groups is 1. The second-order valence-corrected chi connectivity index (χ2v) is 8.83. The molecule has 37 heavy (non-hydrogen) atoms. The minimum absolute atomic E-state index is 0.0201. The Morgan fingerprint density at radius 2 is 2.05 bits per heavy atom. The molecule has 1 aromatic heterocycles. The molecule has 196 valence electrons. The van der Waals surface area contributed by atoms with Gasteiger partial charge < -0.3 is 31.1 Å². The van der Waals surface area contributed by atoms with Crippen molar-refractivity contribution in [1.82, 2.24) is 4.98 Å². The van der Waals surface area contributed by atoms with E-state index in [9.17, 15) is 9.90 Å². The quantitative estimate of drug-likeness (QED) is 0.111. The van der Waals surface area contributed by atoms with E-state index in [0.717, 1.165) is 5.56 Å². The van der Waals surface area contributed by atoms with Gasteiger partial charge in [0.1, 0.15) is 22.9 Å². The van der Waals surface area contributed by atoms with Gasteiger partial charge in [0.25, 0.3) is 5.91 Å². The normalized spacial score (nSPS) is 11.5. The predicted molar refractivity (Wildman–Crippen MR) is 144 cm³/mol. The summed E-state index contributed by atoms with van der Waals surface area (Å²) in [5.41, 5.74) is 7.07. The van der Waals surface area contributed by atoms with Crippen LogP contribution in [0.1, 0.15) is 41.1 Å². The number of nitrogens with zero attached hydrogens (tertiary/aromatic N) is 2. The fourth-order valence-corrected chi connectivity index (χ4v) is 3.55. The number of ether oxygens (including phenoxy) is 1. The van der Waals surface area contributed by atoms with E-state index in [0.29, 0.717) is 35.1 Å². The lowest BCUT2D eigenvalue weighted by atomic mass is 10.1. The van der Waals surface area contributed by atoms with E-state index in [4.69, 9.17) is 27.5 Å². The third kappa shape index (κ3) is 7.16. The number of pyridine rings is 1. The topological polar surface area (TPSA) is 137 Å². The third-order valence-electron chi connectivity index (χ3n) is 5.52. The van der Waals surface area contributed by atoms with Crippen molar-refractivity contribution in [3.8, 4) is 5.75 Å². The fraction of sp³-hybridized carbons (Fsp3) is 0.269.